The monoisotopic (exact) mass is 1600 g/mol. The molecule has 36 heteroatoms. The number of methoxy groups -OCH3 is 1. The molecular weight excluding hydrogens is 1480 g/mol. The number of hydrogen-bond donors (Lipinski definition) is 10. The first-order valence-corrected chi connectivity index (χ1v) is 39.4. The summed E-state index contributed by atoms with van der Waals surface area (Å²) >= 11 is 0. The van der Waals surface area contributed by atoms with E-state index < -0.39 is 247 Å². The van der Waals surface area contributed by atoms with Crippen molar-refractivity contribution < 1.29 is 105 Å². The molecule has 0 bridgehead atoms. The van der Waals surface area contributed by atoms with Gasteiger partial charge < -0.3 is 93.0 Å². The van der Waals surface area contributed by atoms with Gasteiger partial charge in [-0.25, -0.2) is 9.59 Å². The summed E-state index contributed by atoms with van der Waals surface area (Å²) in [6.07, 6.45) is -6.92. The smallest absolute Gasteiger partial charge is 0.329 e. The van der Waals surface area contributed by atoms with Gasteiger partial charge in [0, 0.05) is 65.3 Å². The first-order valence-electron chi connectivity index (χ1n) is 39.4. The number of fused-ring (bicyclic) bond motifs is 1. The number of ketones is 1. The van der Waals surface area contributed by atoms with E-state index in [4.69, 9.17) is 36.1 Å². The molecule has 17 unspecified atom stereocenters. The van der Waals surface area contributed by atoms with Crippen molar-refractivity contribution in [2.24, 2.45) is 52.7 Å². The predicted molar refractivity (Wildman–Crippen MR) is 409 cm³/mol. The van der Waals surface area contributed by atoms with E-state index >= 15 is 24.0 Å². The van der Waals surface area contributed by atoms with Gasteiger partial charge in [0.15, 0.2) is 18.0 Å². The van der Waals surface area contributed by atoms with Crippen molar-refractivity contribution in [3.8, 4) is 5.75 Å². The fourth-order valence-corrected chi connectivity index (χ4v) is 14.4. The second-order valence-electron chi connectivity index (χ2n) is 31.6. The number of ether oxygens (including phenoxy) is 4. The molecule has 4 heterocycles. The molecule has 4 aliphatic rings. The Morgan fingerprint density at radius 1 is 0.684 bits per heavy atom. The quantitative estimate of drug-likeness (QED) is 0.0251. The molecule has 4 saturated heterocycles. The van der Waals surface area contributed by atoms with Crippen molar-refractivity contribution in [1.29, 1.82) is 0 Å². The zero-order valence-corrected chi connectivity index (χ0v) is 68.3. The highest BCUT2D eigenvalue weighted by Crippen LogP contribution is 2.29. The highest BCUT2D eigenvalue weighted by atomic mass is 16.6. The van der Waals surface area contributed by atoms with Crippen molar-refractivity contribution in [2.45, 2.75) is 277 Å². The summed E-state index contributed by atoms with van der Waals surface area (Å²) < 4.78 is 23.2. The maximum atomic E-state index is 15.5. The van der Waals surface area contributed by atoms with Crippen molar-refractivity contribution in [3.63, 3.8) is 0 Å². The largest absolute Gasteiger partial charge is 0.497 e. The second kappa shape index (κ2) is 43.8. The summed E-state index contributed by atoms with van der Waals surface area (Å²) in [6, 6.07) is -8.75. The molecule has 0 spiro atoms. The van der Waals surface area contributed by atoms with Crippen molar-refractivity contribution in [1.82, 2.24) is 56.8 Å². The number of likely N-dealkylation sites (N-methyl/N-ethyl adjacent to an activating group) is 2. The lowest BCUT2D eigenvalue weighted by molar-refractivity contribution is -0.163. The number of hydrogen-bond acceptors (Lipinski definition) is 22. The van der Waals surface area contributed by atoms with Crippen LogP contribution in [0.25, 0.3) is 0 Å². The lowest BCUT2D eigenvalue weighted by Crippen LogP contribution is -2.62. The van der Waals surface area contributed by atoms with Crippen LogP contribution in [0, 0.1) is 35.5 Å². The molecule has 14 amide bonds. The maximum absolute atomic E-state index is 15.5. The van der Waals surface area contributed by atoms with Gasteiger partial charge in [0.1, 0.15) is 72.3 Å². The minimum absolute atomic E-state index is 0.0202. The molecule has 1 aromatic carbocycles. The maximum Gasteiger partial charge on any atom is 0.329 e. The van der Waals surface area contributed by atoms with Crippen molar-refractivity contribution in [2.75, 3.05) is 34.3 Å². The number of Topliss-reactive ketones (excluding diaryl/α,β-unsaturated/α-hetero) is 1. The SMILES string of the molecule is CCC(C)C1NC(=O)C(NC(=O)C(CC(C)C)N(C)C(=O)C2CCCN2C(=O)C(C)OC(=O)C(CCC(N)=O)NC(=O)C(CCC(N)=O)NC(=O)C(CCC(N)=O)NC(=O)C2CCC(=O)N2)C(C)OC(=O)C(Cc2ccc(OC)cc2)N(C)C(=O)C2CCCN2C(=O)C(CC(C)C)NC(=O)C(C)C(=O)C(C(C)C)OC(=O)CC1C. The van der Waals surface area contributed by atoms with E-state index in [0.717, 1.165) is 14.7 Å². The van der Waals surface area contributed by atoms with E-state index in [9.17, 15) is 62.3 Å². The fraction of sp³-hybridized carbons (Fsp3) is 0.692. The Hall–Kier alpha value is -10.3. The first kappa shape index (κ1) is 94.3. The van der Waals surface area contributed by atoms with E-state index in [1.807, 2.05) is 27.7 Å². The Bertz CT molecular complexity index is 3670. The number of rotatable bonds is 32. The zero-order chi connectivity index (χ0) is 85.4. The van der Waals surface area contributed by atoms with Crippen LogP contribution in [0.3, 0.4) is 0 Å². The van der Waals surface area contributed by atoms with Gasteiger partial charge in [0.05, 0.1) is 19.4 Å². The molecule has 114 heavy (non-hydrogen) atoms. The summed E-state index contributed by atoms with van der Waals surface area (Å²) in [6.45, 7) is 19.7. The van der Waals surface area contributed by atoms with Gasteiger partial charge in [0.2, 0.25) is 76.8 Å². The van der Waals surface area contributed by atoms with Gasteiger partial charge in [-0.1, -0.05) is 80.9 Å². The molecule has 0 radical (unpaired) electrons. The number of esters is 3. The van der Waals surface area contributed by atoms with Crippen LogP contribution in [0.4, 0.5) is 0 Å². The molecule has 17 atom stereocenters. The number of likely N-dealkylation sites (tertiary alicyclic amines) is 1. The predicted octanol–water partition coefficient (Wildman–Crippen LogP) is -0.328. The third-order valence-corrected chi connectivity index (χ3v) is 21.3. The molecular formula is C78H120N14O22. The number of carbonyl (C=O) groups is 18. The van der Waals surface area contributed by atoms with Crippen LogP contribution in [-0.2, 0) is 107 Å². The molecule has 36 nitrogen and oxygen atoms in total. The number of nitrogens with two attached hydrogens (primary N) is 3. The number of amides is 14. The minimum atomic E-state index is -1.82. The molecule has 1 aromatic rings. The standard InChI is InChI=1S/C78H120N14O22/c1-16-42(8)63-43(9)37-62(97)114-66(41(6)7)65(98)44(10)67(99)86-53(35-39(2)3)74(106)92-34-18-20-55(92)76(108)90(14)57(38-47-21-23-48(111-15)24-22-47)78(110)112-45(11)64(72(104)87-63)88-71(103)56(36-40(4)5)89(13)75(107)54-19-17-33-91(54)73(105)46(12)113-77(109)52(27-31-60(81)95)85-70(102)51(26-30-59(80)94)84-69(101)50(25-29-58(79)93)83-68(100)49-28-32-61(96)82-49/h21-24,39-46,49-57,63-64,66H,16-20,25-38H2,1-15H3,(H2,79,93)(H2,80,94)(H2,81,95)(H,82,96)(H,83,100)(H,84,101)(H,85,102)(H,86,99)(H,87,104)(H,88,103). The van der Waals surface area contributed by atoms with Gasteiger partial charge in [-0.05, 0) is 132 Å². The Morgan fingerprint density at radius 2 is 1.26 bits per heavy atom. The number of nitrogens with one attached hydrogen (secondary N) is 7. The summed E-state index contributed by atoms with van der Waals surface area (Å²) in [5.41, 5.74) is 16.8. The molecule has 634 valence electrons. The Balaban J connectivity index is 1.50. The van der Waals surface area contributed by atoms with E-state index in [0.29, 0.717) is 24.2 Å². The zero-order valence-electron chi connectivity index (χ0n) is 68.3. The van der Waals surface area contributed by atoms with Crippen molar-refractivity contribution in [3.05, 3.63) is 29.8 Å². The lowest BCUT2D eigenvalue weighted by atomic mass is 9.86. The number of primary amides is 3. The van der Waals surface area contributed by atoms with Crippen LogP contribution >= 0.6 is 0 Å². The third-order valence-electron chi connectivity index (χ3n) is 21.3. The number of benzene rings is 1. The van der Waals surface area contributed by atoms with E-state index in [1.54, 1.807) is 58.9 Å². The fourth-order valence-electron chi connectivity index (χ4n) is 14.4. The molecule has 0 aromatic heterocycles. The van der Waals surface area contributed by atoms with E-state index in [2.05, 4.69) is 37.2 Å². The van der Waals surface area contributed by atoms with Gasteiger partial charge >= 0.3 is 17.9 Å². The Morgan fingerprint density at radius 3 is 1.81 bits per heavy atom. The van der Waals surface area contributed by atoms with Crippen LogP contribution in [0.5, 0.6) is 5.75 Å². The van der Waals surface area contributed by atoms with E-state index in [1.165, 1.54) is 46.9 Å². The van der Waals surface area contributed by atoms with Crippen LogP contribution in [0.2, 0.25) is 0 Å². The normalized spacial score (nSPS) is 24.6. The van der Waals surface area contributed by atoms with Gasteiger partial charge in [-0.2, -0.15) is 0 Å². The molecule has 4 fully saturated rings. The van der Waals surface area contributed by atoms with E-state index in [-0.39, 0.29) is 89.1 Å². The molecule has 13 N–H and O–H groups in total. The van der Waals surface area contributed by atoms with Crippen LogP contribution in [0.1, 0.15) is 191 Å². The topological polar surface area (TPSA) is 519 Å². The minimum Gasteiger partial charge on any atom is -0.497 e. The molecule has 4 aliphatic heterocycles. The Kier molecular flexibility index (Phi) is 36.2. The van der Waals surface area contributed by atoms with Crippen LogP contribution in [0.15, 0.2) is 24.3 Å². The second-order valence-corrected chi connectivity index (χ2v) is 31.6. The van der Waals surface area contributed by atoms with Crippen molar-refractivity contribution >= 4 is 106 Å². The van der Waals surface area contributed by atoms with Gasteiger partial charge in [-0.3, -0.25) is 76.7 Å². The average molecular weight is 1610 g/mol. The van der Waals surface area contributed by atoms with Gasteiger partial charge in [-0.15, -0.1) is 0 Å². The molecule has 0 aliphatic carbocycles. The number of carbonyl (C=O) groups excluding carboxylic acids is 18. The van der Waals surface area contributed by atoms with Gasteiger partial charge in [0.25, 0.3) is 5.91 Å². The lowest BCUT2D eigenvalue weighted by Gasteiger charge is -2.37. The molecule has 0 saturated carbocycles. The third kappa shape index (κ3) is 26.9. The number of cyclic esters (lactones) is 2. The number of nitrogens with zero attached hydrogens (tertiary/aromatic N) is 4. The van der Waals surface area contributed by atoms with Crippen LogP contribution in [-0.4, -0.2) is 245 Å². The summed E-state index contributed by atoms with van der Waals surface area (Å²) in [7, 11) is 4.15. The average Bonchev–Trinajstić information content (AvgIpc) is 1.46. The highest BCUT2D eigenvalue weighted by Gasteiger charge is 2.47. The summed E-state index contributed by atoms with van der Waals surface area (Å²) in [4.78, 5) is 257. The first-order chi connectivity index (χ1) is 53.5. The summed E-state index contributed by atoms with van der Waals surface area (Å²) in [5, 5.41) is 18.2. The molecule has 5 rings (SSSR count). The highest BCUT2D eigenvalue weighted by molar-refractivity contribution is 6.05. The summed E-state index contributed by atoms with van der Waals surface area (Å²) in [5.74, 6) is -19.0. The Labute approximate surface area is 665 Å². The van der Waals surface area contributed by atoms with Crippen LogP contribution < -0.4 is 59.2 Å².